The van der Waals surface area contributed by atoms with Crippen LogP contribution in [0.3, 0.4) is 0 Å². The maximum atomic E-state index is 3.79. The van der Waals surface area contributed by atoms with E-state index in [0.29, 0.717) is 0 Å². The predicted molar refractivity (Wildman–Crippen MR) is 68.4 cm³/mol. The highest BCUT2D eigenvalue weighted by Gasteiger charge is 2.38. The molecule has 16 heavy (non-hydrogen) atoms. The Morgan fingerprint density at radius 3 is 2.31 bits per heavy atom. The number of hydrogen-bond donors (Lipinski definition) is 1. The molecule has 3 fully saturated rings. The lowest BCUT2D eigenvalue weighted by Gasteiger charge is -2.46. The fourth-order valence-corrected chi connectivity index (χ4v) is 4.74. The van der Waals surface area contributed by atoms with E-state index in [1.165, 1.54) is 51.5 Å². The predicted octanol–water partition coefficient (Wildman–Crippen LogP) is 3.74. The average Bonchev–Trinajstić information content (AvgIpc) is 2.39. The number of fused-ring (bicyclic) bond motifs is 1. The molecule has 0 bridgehead atoms. The maximum Gasteiger partial charge on any atom is 0.00980 e. The van der Waals surface area contributed by atoms with Gasteiger partial charge in [0.2, 0.25) is 0 Å². The minimum absolute atomic E-state index is 0.898. The van der Waals surface area contributed by atoms with Gasteiger partial charge >= 0.3 is 0 Å². The molecule has 1 heterocycles. The van der Waals surface area contributed by atoms with Crippen LogP contribution in [0.4, 0.5) is 0 Å². The van der Waals surface area contributed by atoms with E-state index in [1.807, 2.05) is 0 Å². The molecule has 1 N–H and O–H groups in total. The van der Waals surface area contributed by atoms with Gasteiger partial charge in [-0.1, -0.05) is 38.5 Å². The molecule has 92 valence electrons. The lowest BCUT2D eigenvalue weighted by atomic mass is 9.64. The number of piperidine rings is 1. The fraction of sp³-hybridized carbons (Fsp3) is 1.00. The van der Waals surface area contributed by atoms with Crippen molar-refractivity contribution in [3.05, 3.63) is 0 Å². The van der Waals surface area contributed by atoms with E-state index < -0.39 is 0 Å². The van der Waals surface area contributed by atoms with Crippen molar-refractivity contribution < 1.29 is 0 Å². The molecule has 0 amide bonds. The molecule has 3 unspecified atom stereocenters. The Kier molecular flexibility index (Phi) is 3.51. The zero-order valence-electron chi connectivity index (χ0n) is 10.6. The van der Waals surface area contributed by atoms with Gasteiger partial charge in [-0.25, -0.2) is 0 Å². The van der Waals surface area contributed by atoms with E-state index in [2.05, 4.69) is 5.32 Å². The standard InChI is InChI=1S/C15H27N/c1-2-6-12(7-3-1)13-8-4-10-15-14(13)9-5-11-16-15/h12-16H,1-11H2. The molecule has 2 saturated carbocycles. The summed E-state index contributed by atoms with van der Waals surface area (Å²) in [6.07, 6.45) is 15.1. The molecular weight excluding hydrogens is 194 g/mol. The smallest absolute Gasteiger partial charge is 0.00980 e. The van der Waals surface area contributed by atoms with Gasteiger partial charge in [0, 0.05) is 6.04 Å². The van der Waals surface area contributed by atoms with Gasteiger partial charge in [-0.05, 0) is 50.0 Å². The Bertz CT molecular complexity index is 217. The minimum atomic E-state index is 0.898. The molecule has 1 nitrogen and oxygen atoms in total. The van der Waals surface area contributed by atoms with E-state index in [0.717, 1.165) is 23.8 Å². The van der Waals surface area contributed by atoms with Gasteiger partial charge in [0.15, 0.2) is 0 Å². The first kappa shape index (κ1) is 11.1. The lowest BCUT2D eigenvalue weighted by Crippen LogP contribution is -2.48. The van der Waals surface area contributed by atoms with Crippen molar-refractivity contribution in [1.82, 2.24) is 5.32 Å². The number of nitrogens with one attached hydrogen (secondary N) is 1. The Hall–Kier alpha value is -0.0400. The topological polar surface area (TPSA) is 12.0 Å². The monoisotopic (exact) mass is 221 g/mol. The quantitative estimate of drug-likeness (QED) is 0.711. The largest absolute Gasteiger partial charge is 0.314 e. The van der Waals surface area contributed by atoms with Crippen LogP contribution in [0.2, 0.25) is 0 Å². The van der Waals surface area contributed by atoms with Crippen molar-refractivity contribution >= 4 is 0 Å². The van der Waals surface area contributed by atoms with E-state index in [1.54, 1.807) is 19.3 Å². The van der Waals surface area contributed by atoms with Gasteiger partial charge < -0.3 is 5.32 Å². The first-order valence-corrected chi connectivity index (χ1v) is 7.68. The zero-order chi connectivity index (χ0) is 10.8. The molecule has 0 aromatic rings. The summed E-state index contributed by atoms with van der Waals surface area (Å²) >= 11 is 0. The van der Waals surface area contributed by atoms with Crippen molar-refractivity contribution in [3.8, 4) is 0 Å². The summed E-state index contributed by atoms with van der Waals surface area (Å²) in [6, 6.07) is 0.898. The van der Waals surface area contributed by atoms with Crippen molar-refractivity contribution in [1.29, 1.82) is 0 Å². The third-order valence-electron chi connectivity index (χ3n) is 5.50. The molecule has 1 aliphatic heterocycles. The normalized spacial score (nSPS) is 41.6. The first-order valence-electron chi connectivity index (χ1n) is 7.68. The van der Waals surface area contributed by atoms with Gasteiger partial charge in [-0.3, -0.25) is 0 Å². The Balaban J connectivity index is 1.67. The number of rotatable bonds is 1. The molecule has 0 spiro atoms. The van der Waals surface area contributed by atoms with E-state index >= 15 is 0 Å². The summed E-state index contributed by atoms with van der Waals surface area (Å²) in [6.45, 7) is 1.29. The van der Waals surface area contributed by atoms with Crippen LogP contribution in [0.25, 0.3) is 0 Å². The van der Waals surface area contributed by atoms with Gasteiger partial charge in [0.05, 0.1) is 0 Å². The molecular formula is C15H27N. The SMILES string of the molecule is C1CCC(C2CCCC3NCCCC32)CC1. The second kappa shape index (κ2) is 5.08. The Labute approximate surface area is 100 Å². The zero-order valence-corrected chi connectivity index (χ0v) is 10.6. The molecule has 3 rings (SSSR count). The van der Waals surface area contributed by atoms with Crippen LogP contribution in [0.15, 0.2) is 0 Å². The molecule has 3 atom stereocenters. The van der Waals surface area contributed by atoms with Gasteiger partial charge in [-0.15, -0.1) is 0 Å². The first-order chi connectivity index (χ1) is 7.95. The van der Waals surface area contributed by atoms with Crippen molar-refractivity contribution in [2.45, 2.75) is 70.3 Å². The highest BCUT2D eigenvalue weighted by atomic mass is 14.9. The van der Waals surface area contributed by atoms with E-state index in [4.69, 9.17) is 0 Å². The molecule has 0 aromatic carbocycles. The lowest BCUT2D eigenvalue weighted by molar-refractivity contribution is 0.0749. The van der Waals surface area contributed by atoms with Crippen molar-refractivity contribution in [3.63, 3.8) is 0 Å². The second-order valence-corrected chi connectivity index (χ2v) is 6.36. The minimum Gasteiger partial charge on any atom is -0.314 e. The van der Waals surface area contributed by atoms with E-state index in [-0.39, 0.29) is 0 Å². The molecule has 1 heteroatoms. The maximum absolute atomic E-state index is 3.79. The van der Waals surface area contributed by atoms with Crippen LogP contribution >= 0.6 is 0 Å². The Morgan fingerprint density at radius 2 is 1.44 bits per heavy atom. The van der Waals surface area contributed by atoms with Crippen molar-refractivity contribution in [2.24, 2.45) is 17.8 Å². The fourth-order valence-electron chi connectivity index (χ4n) is 4.74. The highest BCUT2D eigenvalue weighted by Crippen LogP contribution is 2.44. The van der Waals surface area contributed by atoms with E-state index in [9.17, 15) is 0 Å². The van der Waals surface area contributed by atoms with Gasteiger partial charge in [-0.2, -0.15) is 0 Å². The second-order valence-electron chi connectivity index (χ2n) is 6.36. The summed E-state index contributed by atoms with van der Waals surface area (Å²) < 4.78 is 0. The molecule has 3 aliphatic rings. The van der Waals surface area contributed by atoms with Gasteiger partial charge in [0.1, 0.15) is 0 Å². The third kappa shape index (κ3) is 2.16. The summed E-state index contributed by atoms with van der Waals surface area (Å²) in [4.78, 5) is 0. The average molecular weight is 221 g/mol. The van der Waals surface area contributed by atoms with Crippen LogP contribution in [-0.2, 0) is 0 Å². The van der Waals surface area contributed by atoms with Crippen molar-refractivity contribution in [2.75, 3.05) is 6.54 Å². The van der Waals surface area contributed by atoms with Crippen LogP contribution < -0.4 is 5.32 Å². The third-order valence-corrected chi connectivity index (χ3v) is 5.50. The van der Waals surface area contributed by atoms with Crippen LogP contribution in [0.5, 0.6) is 0 Å². The van der Waals surface area contributed by atoms with Crippen LogP contribution in [0.1, 0.15) is 64.2 Å². The van der Waals surface area contributed by atoms with Crippen LogP contribution in [0, 0.1) is 17.8 Å². The number of hydrogen-bond acceptors (Lipinski definition) is 1. The Morgan fingerprint density at radius 1 is 0.625 bits per heavy atom. The summed E-state index contributed by atoms with van der Waals surface area (Å²) in [5, 5.41) is 3.79. The molecule has 0 aromatic heterocycles. The summed E-state index contributed by atoms with van der Waals surface area (Å²) in [5.41, 5.74) is 0. The summed E-state index contributed by atoms with van der Waals surface area (Å²) in [7, 11) is 0. The molecule has 2 aliphatic carbocycles. The summed E-state index contributed by atoms with van der Waals surface area (Å²) in [5.74, 6) is 3.24. The highest BCUT2D eigenvalue weighted by molar-refractivity contribution is 4.92. The van der Waals surface area contributed by atoms with Gasteiger partial charge in [0.25, 0.3) is 0 Å². The molecule has 1 saturated heterocycles. The van der Waals surface area contributed by atoms with Crippen LogP contribution in [-0.4, -0.2) is 12.6 Å². The molecule has 0 radical (unpaired) electrons.